The SMILES string of the molecule is CCCC(C)c1cccc(F)c1. The number of hydrogen-bond donors (Lipinski definition) is 0. The molecule has 0 heterocycles. The molecule has 1 aromatic carbocycles. The molecule has 0 bridgehead atoms. The number of benzene rings is 1. The predicted molar refractivity (Wildman–Crippen MR) is 49.7 cm³/mol. The molecule has 0 saturated carbocycles. The monoisotopic (exact) mass is 166 g/mol. The van der Waals surface area contributed by atoms with Crippen LogP contribution in [0.15, 0.2) is 24.3 Å². The van der Waals surface area contributed by atoms with Crippen molar-refractivity contribution in [3.63, 3.8) is 0 Å². The zero-order valence-corrected chi connectivity index (χ0v) is 7.68. The van der Waals surface area contributed by atoms with Crippen LogP contribution in [0.1, 0.15) is 38.2 Å². The van der Waals surface area contributed by atoms with E-state index in [2.05, 4.69) is 13.8 Å². The van der Waals surface area contributed by atoms with Crippen molar-refractivity contribution < 1.29 is 4.39 Å². The van der Waals surface area contributed by atoms with Gasteiger partial charge in [0.15, 0.2) is 0 Å². The molecule has 0 spiro atoms. The minimum Gasteiger partial charge on any atom is -0.207 e. The molecule has 0 amide bonds. The van der Waals surface area contributed by atoms with Crippen molar-refractivity contribution >= 4 is 0 Å². The fourth-order valence-electron chi connectivity index (χ4n) is 1.41. The Balaban J connectivity index is 2.73. The maximum atomic E-state index is 12.8. The van der Waals surface area contributed by atoms with Gasteiger partial charge in [-0.2, -0.15) is 0 Å². The van der Waals surface area contributed by atoms with Crippen LogP contribution in [0.2, 0.25) is 0 Å². The third-order valence-corrected chi connectivity index (χ3v) is 2.14. The van der Waals surface area contributed by atoms with Crippen LogP contribution in [0.3, 0.4) is 0 Å². The van der Waals surface area contributed by atoms with Crippen LogP contribution >= 0.6 is 0 Å². The second kappa shape index (κ2) is 4.24. The second-order valence-corrected chi connectivity index (χ2v) is 3.24. The maximum absolute atomic E-state index is 12.8. The Morgan fingerprint density at radius 2 is 2.17 bits per heavy atom. The van der Waals surface area contributed by atoms with Crippen molar-refractivity contribution in [3.05, 3.63) is 35.6 Å². The Kier molecular flexibility index (Phi) is 3.27. The van der Waals surface area contributed by atoms with E-state index in [9.17, 15) is 4.39 Å². The van der Waals surface area contributed by atoms with Crippen LogP contribution < -0.4 is 0 Å². The molecule has 0 aliphatic carbocycles. The zero-order chi connectivity index (χ0) is 8.97. The molecule has 0 saturated heterocycles. The molecule has 1 heteroatoms. The van der Waals surface area contributed by atoms with E-state index >= 15 is 0 Å². The normalized spacial score (nSPS) is 12.9. The number of hydrogen-bond acceptors (Lipinski definition) is 0. The van der Waals surface area contributed by atoms with Crippen molar-refractivity contribution in [2.45, 2.75) is 32.6 Å². The van der Waals surface area contributed by atoms with Gasteiger partial charge in [0.1, 0.15) is 5.82 Å². The summed E-state index contributed by atoms with van der Waals surface area (Å²) in [5.74, 6) is 0.348. The molecular weight excluding hydrogens is 151 g/mol. The summed E-state index contributed by atoms with van der Waals surface area (Å²) in [5, 5.41) is 0. The van der Waals surface area contributed by atoms with Gasteiger partial charge in [0.05, 0.1) is 0 Å². The standard InChI is InChI=1S/C11H15F/c1-3-5-9(2)10-6-4-7-11(12)8-10/h4,6-9H,3,5H2,1-2H3. The topological polar surface area (TPSA) is 0 Å². The molecular formula is C11H15F. The molecule has 1 unspecified atom stereocenters. The lowest BCUT2D eigenvalue weighted by atomic mass is 9.97. The molecule has 12 heavy (non-hydrogen) atoms. The van der Waals surface area contributed by atoms with E-state index in [4.69, 9.17) is 0 Å². The van der Waals surface area contributed by atoms with Crippen LogP contribution in [-0.4, -0.2) is 0 Å². The van der Waals surface area contributed by atoms with Gasteiger partial charge in [0.2, 0.25) is 0 Å². The average Bonchev–Trinajstić information content (AvgIpc) is 2.05. The lowest BCUT2D eigenvalue weighted by Crippen LogP contribution is -1.92. The Morgan fingerprint density at radius 3 is 2.75 bits per heavy atom. The summed E-state index contributed by atoms with van der Waals surface area (Å²) in [6.07, 6.45) is 2.28. The summed E-state index contributed by atoms with van der Waals surface area (Å²) in [4.78, 5) is 0. The summed E-state index contributed by atoms with van der Waals surface area (Å²) in [5.41, 5.74) is 1.11. The first-order chi connectivity index (χ1) is 5.74. The van der Waals surface area contributed by atoms with Crippen LogP contribution in [-0.2, 0) is 0 Å². The minimum absolute atomic E-state index is 0.129. The van der Waals surface area contributed by atoms with Gasteiger partial charge < -0.3 is 0 Å². The van der Waals surface area contributed by atoms with Crippen molar-refractivity contribution in [1.29, 1.82) is 0 Å². The van der Waals surface area contributed by atoms with E-state index in [1.165, 1.54) is 6.07 Å². The summed E-state index contributed by atoms with van der Waals surface area (Å²) in [7, 11) is 0. The van der Waals surface area contributed by atoms with E-state index in [0.717, 1.165) is 18.4 Å². The molecule has 0 nitrogen and oxygen atoms in total. The highest BCUT2D eigenvalue weighted by atomic mass is 19.1. The van der Waals surface area contributed by atoms with Crippen molar-refractivity contribution in [3.8, 4) is 0 Å². The van der Waals surface area contributed by atoms with Crippen LogP contribution in [0.25, 0.3) is 0 Å². The second-order valence-electron chi connectivity index (χ2n) is 3.24. The van der Waals surface area contributed by atoms with Crippen LogP contribution in [0.5, 0.6) is 0 Å². The molecule has 1 rings (SSSR count). The average molecular weight is 166 g/mol. The predicted octanol–water partition coefficient (Wildman–Crippen LogP) is 3.73. The molecule has 1 atom stereocenters. The summed E-state index contributed by atoms with van der Waals surface area (Å²) < 4.78 is 12.8. The lowest BCUT2D eigenvalue weighted by molar-refractivity contribution is 0.613. The fourth-order valence-corrected chi connectivity index (χ4v) is 1.41. The van der Waals surface area contributed by atoms with Crippen LogP contribution in [0.4, 0.5) is 4.39 Å². The highest BCUT2D eigenvalue weighted by Gasteiger charge is 2.03. The molecule has 0 radical (unpaired) electrons. The molecule has 0 aliphatic rings. The van der Waals surface area contributed by atoms with E-state index < -0.39 is 0 Å². The summed E-state index contributed by atoms with van der Waals surface area (Å²) in [6.45, 7) is 4.29. The van der Waals surface area contributed by atoms with Gasteiger partial charge in [-0.3, -0.25) is 0 Å². The van der Waals surface area contributed by atoms with E-state index in [0.29, 0.717) is 5.92 Å². The largest absolute Gasteiger partial charge is 0.207 e. The summed E-state index contributed by atoms with van der Waals surface area (Å²) >= 11 is 0. The quantitative estimate of drug-likeness (QED) is 0.641. The van der Waals surface area contributed by atoms with Crippen molar-refractivity contribution in [2.75, 3.05) is 0 Å². The van der Waals surface area contributed by atoms with Gasteiger partial charge in [-0.05, 0) is 30.0 Å². The first-order valence-corrected chi connectivity index (χ1v) is 4.49. The fraction of sp³-hybridized carbons (Fsp3) is 0.455. The zero-order valence-electron chi connectivity index (χ0n) is 7.68. The minimum atomic E-state index is -0.129. The highest BCUT2D eigenvalue weighted by Crippen LogP contribution is 2.20. The van der Waals surface area contributed by atoms with Gasteiger partial charge >= 0.3 is 0 Å². The Morgan fingerprint density at radius 1 is 1.42 bits per heavy atom. The van der Waals surface area contributed by atoms with E-state index in [1.807, 2.05) is 6.07 Å². The Bertz CT molecular complexity index is 243. The van der Waals surface area contributed by atoms with Crippen molar-refractivity contribution in [2.24, 2.45) is 0 Å². The van der Waals surface area contributed by atoms with Crippen molar-refractivity contribution in [1.82, 2.24) is 0 Å². The summed E-state index contributed by atoms with van der Waals surface area (Å²) in [6, 6.07) is 6.88. The number of halogens is 1. The Labute approximate surface area is 73.4 Å². The molecule has 0 N–H and O–H groups in total. The molecule has 0 aromatic heterocycles. The smallest absolute Gasteiger partial charge is 0.123 e. The van der Waals surface area contributed by atoms with Gasteiger partial charge in [-0.1, -0.05) is 32.4 Å². The van der Waals surface area contributed by atoms with E-state index in [1.54, 1.807) is 12.1 Å². The Hall–Kier alpha value is -0.850. The third kappa shape index (κ3) is 2.33. The highest BCUT2D eigenvalue weighted by molar-refractivity contribution is 5.19. The van der Waals surface area contributed by atoms with Crippen LogP contribution in [0, 0.1) is 5.82 Å². The van der Waals surface area contributed by atoms with Gasteiger partial charge in [-0.15, -0.1) is 0 Å². The first kappa shape index (κ1) is 9.24. The molecule has 0 fully saturated rings. The van der Waals surface area contributed by atoms with Gasteiger partial charge in [0.25, 0.3) is 0 Å². The third-order valence-electron chi connectivity index (χ3n) is 2.14. The van der Waals surface area contributed by atoms with E-state index in [-0.39, 0.29) is 5.82 Å². The molecule has 1 aromatic rings. The molecule has 0 aliphatic heterocycles. The number of rotatable bonds is 3. The lowest BCUT2D eigenvalue weighted by Gasteiger charge is -2.09. The van der Waals surface area contributed by atoms with Gasteiger partial charge in [-0.25, -0.2) is 4.39 Å². The van der Waals surface area contributed by atoms with Gasteiger partial charge in [0, 0.05) is 0 Å². The molecule has 66 valence electrons. The maximum Gasteiger partial charge on any atom is 0.123 e. The first-order valence-electron chi connectivity index (χ1n) is 4.49.